The Hall–Kier alpha value is 6.39. The van der Waals surface area contributed by atoms with E-state index in [1.807, 2.05) is 0 Å². The molecular weight excluding hydrogens is 1490 g/mol. The molecule has 1 fully saturated rings. The van der Waals surface area contributed by atoms with E-state index in [0.717, 1.165) is 0 Å². The first-order valence-electron chi connectivity index (χ1n) is 8.86. The zero-order chi connectivity index (χ0) is 33.9. The van der Waals surface area contributed by atoms with Gasteiger partial charge in [0, 0.05) is 0 Å². The summed E-state index contributed by atoms with van der Waals surface area (Å²) in [6.07, 6.45) is -21.5. The van der Waals surface area contributed by atoms with Crippen molar-refractivity contribution < 1.29 is 192 Å². The summed E-state index contributed by atoms with van der Waals surface area (Å²) in [5.74, 6) is -4.37. The number of carbonyl (C=O) groups is 2. The van der Waals surface area contributed by atoms with Gasteiger partial charge in [-0.2, -0.15) is 0 Å². The van der Waals surface area contributed by atoms with E-state index >= 15 is 0 Å². The van der Waals surface area contributed by atoms with Crippen molar-refractivity contribution in [3.05, 3.63) is 0 Å². The monoisotopic (exact) mass is 1500 g/mol. The molecule has 0 spiro atoms. The maximum Gasteiger partial charge on any atom is 2.00 e. The average molecular weight is 1490 g/mol. The maximum atomic E-state index is 11.1. The third kappa shape index (κ3) is 37.4. The van der Waals surface area contributed by atoms with Crippen LogP contribution in [-0.2, 0) is 64.1 Å². The Balaban J connectivity index is -0.000000157. The second kappa shape index (κ2) is 31.3. The Morgan fingerprint density at radius 3 is 0.440 bits per heavy atom. The van der Waals surface area contributed by atoms with Gasteiger partial charge in [0.1, 0.15) is 36.6 Å². The molecule has 0 atom stereocenters. The molecule has 262 valence electrons. The summed E-state index contributed by atoms with van der Waals surface area (Å²) in [6, 6.07) is 0. The predicted molar refractivity (Wildman–Crippen MR) is 119 cm³/mol. The molecule has 0 aromatic carbocycles. The smallest absolute Gasteiger partial charge is 0.790 e. The van der Waals surface area contributed by atoms with Gasteiger partial charge in [-0.15, -0.1) is 0 Å². The van der Waals surface area contributed by atoms with Crippen molar-refractivity contribution in [2.24, 2.45) is 0 Å². The third-order valence-electron chi connectivity index (χ3n) is 3.61. The minimum absolute atomic E-state index is 0. The summed E-state index contributed by atoms with van der Waals surface area (Å²) >= 11 is 0. The molecule has 1 saturated carbocycles. The van der Waals surface area contributed by atoms with E-state index in [9.17, 15) is 86.1 Å². The number of carbonyl (C=O) groups excluding carboxylic acids is 2. The minimum atomic E-state index is -6.68. The fraction of sp³-hybridized carbons (Fsp3) is 0.750. The van der Waals surface area contributed by atoms with Crippen LogP contribution in [-0.4, -0.2) is 192 Å². The van der Waals surface area contributed by atoms with Crippen LogP contribution in [0.15, 0.2) is 0 Å². The van der Waals surface area contributed by atoms with Gasteiger partial charge in [-0.05, 0) is 0 Å². The van der Waals surface area contributed by atoms with Crippen molar-refractivity contribution in [3.8, 4) is 0 Å². The number of phosphoric acid groups is 6. The molecule has 0 aromatic heterocycles. The molecule has 0 N–H and O–H groups in total. The molecule has 1 aliphatic rings. The van der Waals surface area contributed by atoms with E-state index in [1.54, 1.807) is 0 Å². The summed E-state index contributed by atoms with van der Waals surface area (Å²) in [5, 5.41) is 17.9. The topological polar surface area (TPSA) is 515 Å². The van der Waals surface area contributed by atoms with Gasteiger partial charge in [0.2, 0.25) is 0 Å². The second-order valence-corrected chi connectivity index (χ2v) is 13.3. The first kappa shape index (κ1) is 77.0. The Labute approximate surface area is 424 Å². The zero-order valence-corrected chi connectivity index (χ0v) is 50.1. The molecule has 1 aliphatic carbocycles. The number of hydrogen-bond acceptors (Lipinski definition) is 28. The van der Waals surface area contributed by atoms with Crippen molar-refractivity contribution in [2.45, 2.75) is 36.6 Å². The molecule has 0 bridgehead atoms. The largest absolute Gasteiger partial charge is 2.00 e. The molecule has 50 heavy (non-hydrogen) atoms. The van der Waals surface area contributed by atoms with Crippen molar-refractivity contribution in [3.63, 3.8) is 0 Å². The number of carboxylic acids is 2. The number of aliphatic carboxylic acids is 2. The normalized spacial score (nSPS) is 22.0. The SMILES string of the molecule is O=C([O-])C(=O)[O-].O=P([O-])([O-])OC1C(OP(=O)([O-])[O-])C(OP(=O)([O-])[O-])C(OP(=O)([O-])[O-])C(OP(=O)([O-])[O-])C1OP(=O)([O-])[O-].[Na+].[Na+].[Sn+2].[Sn+2].[Sn+2].[Sn+2].[Sn+2].[Sn+2]. The fourth-order valence-corrected chi connectivity index (χ4v) is 5.96. The Morgan fingerprint density at radius 2 is 0.400 bits per heavy atom. The van der Waals surface area contributed by atoms with Gasteiger partial charge in [0.15, 0.2) is 0 Å². The fourth-order valence-electron chi connectivity index (χ4n) is 2.74. The summed E-state index contributed by atoms with van der Waals surface area (Å²) in [6.45, 7) is 0. The van der Waals surface area contributed by atoms with Crippen LogP contribution >= 0.6 is 46.9 Å². The van der Waals surface area contributed by atoms with Crippen LogP contribution in [0, 0.1) is 0 Å². The van der Waals surface area contributed by atoms with E-state index in [0.29, 0.717) is 0 Å². The van der Waals surface area contributed by atoms with E-state index in [1.165, 1.54) is 0 Å². The number of phosphoric ester groups is 6. The van der Waals surface area contributed by atoms with Gasteiger partial charge in [0.25, 0.3) is 0 Å². The van der Waals surface area contributed by atoms with Gasteiger partial charge < -0.3 is 133 Å². The van der Waals surface area contributed by atoms with E-state index in [4.69, 9.17) is 19.8 Å². The van der Waals surface area contributed by atoms with E-state index in [2.05, 4.69) is 27.1 Å². The molecule has 0 unspecified atom stereocenters. The molecule has 1 rings (SSSR count). The Bertz CT molecular complexity index is 1030. The first-order valence-corrected chi connectivity index (χ1v) is 17.6. The molecule has 0 heterocycles. The maximum absolute atomic E-state index is 11.1. The van der Waals surface area contributed by atoms with Crippen LogP contribution in [0.3, 0.4) is 0 Å². The number of hydrogen-bond donors (Lipinski definition) is 0. The third-order valence-corrected chi connectivity index (χ3v) is 6.62. The van der Waals surface area contributed by atoms with Crippen molar-refractivity contribution in [1.29, 1.82) is 0 Å². The van der Waals surface area contributed by atoms with Crippen LogP contribution in [0.25, 0.3) is 0 Å². The molecule has 0 aliphatic heterocycles. The molecule has 0 aromatic rings. The van der Waals surface area contributed by atoms with Crippen molar-refractivity contribution in [1.82, 2.24) is 0 Å². The molecular formula is C8H6Na2O28P6Sn6. The Morgan fingerprint density at radius 1 is 0.320 bits per heavy atom. The van der Waals surface area contributed by atoms with Crippen LogP contribution in [0.5, 0.6) is 0 Å². The zero-order valence-electron chi connectivity index (χ0n) is 23.6. The molecule has 12 radical (unpaired) electrons. The van der Waals surface area contributed by atoms with Crippen LogP contribution in [0.2, 0.25) is 0 Å². The predicted octanol–water partition coefficient (Wildman–Crippen LogP) is -22.5. The number of carboxylic acid groups (broad SMARTS) is 2. The first-order chi connectivity index (χ1) is 18.2. The molecule has 0 amide bonds. The second-order valence-electron chi connectivity index (χ2n) is 6.68. The van der Waals surface area contributed by atoms with E-state index < -0.39 is 95.5 Å². The minimum Gasteiger partial charge on any atom is -0.790 e. The summed E-state index contributed by atoms with van der Waals surface area (Å²) in [5.41, 5.74) is 0. The Kier molecular flexibility index (Phi) is 48.2. The van der Waals surface area contributed by atoms with Gasteiger partial charge >= 0.3 is 203 Å². The summed E-state index contributed by atoms with van der Waals surface area (Å²) in [4.78, 5) is 151. The number of rotatable bonds is 12. The van der Waals surface area contributed by atoms with Gasteiger partial charge in [-0.25, -0.2) is 0 Å². The van der Waals surface area contributed by atoms with Crippen molar-refractivity contribution in [2.75, 3.05) is 0 Å². The van der Waals surface area contributed by atoms with Gasteiger partial charge in [-0.3, -0.25) is 0 Å². The van der Waals surface area contributed by atoms with Crippen LogP contribution in [0.4, 0.5) is 0 Å². The van der Waals surface area contributed by atoms with E-state index in [-0.39, 0.29) is 203 Å². The quantitative estimate of drug-likeness (QED) is 0.0994. The van der Waals surface area contributed by atoms with Gasteiger partial charge in [0.05, 0.1) is 58.9 Å². The average Bonchev–Trinajstić information content (AvgIpc) is 2.65. The molecule has 0 saturated heterocycles. The van der Waals surface area contributed by atoms with Crippen molar-refractivity contribution >= 4 is 202 Å². The standard InChI is InChI=1S/C6H18O24P6.C2H2O4.2Na.6Sn/c7-31(8,9)25-1-2(26-32(10,11)12)4(28-34(16,17)18)6(30-36(22,23)24)5(29-35(19,20)21)3(1)27-33(13,14)15;3-1(4)2(5)6;;;;;;;;/h1-6H,(H2,7,8,9)(H2,10,11,12)(H2,13,14,15)(H2,16,17,18)(H2,19,20,21)(H2,22,23,24);(H,3,4)(H,5,6);;;;;;;;/q;;2*+1;6*+2/p-14. The summed E-state index contributed by atoms with van der Waals surface area (Å²) < 4.78 is 88.3. The molecule has 28 nitrogen and oxygen atoms in total. The van der Waals surface area contributed by atoms with Crippen LogP contribution in [0.1, 0.15) is 0 Å². The van der Waals surface area contributed by atoms with Gasteiger partial charge in [-0.1, -0.05) is 0 Å². The van der Waals surface area contributed by atoms with Crippen LogP contribution < -0.4 is 128 Å². The molecule has 42 heteroatoms. The summed E-state index contributed by atoms with van der Waals surface area (Å²) in [7, 11) is -40.1.